The molecule has 0 atom stereocenters. The minimum absolute atomic E-state index is 0.143. The monoisotopic (exact) mass is 598 g/mol. The van der Waals surface area contributed by atoms with Gasteiger partial charge < -0.3 is 15.2 Å². The third-order valence-corrected chi connectivity index (χ3v) is 9.27. The van der Waals surface area contributed by atoms with Crippen molar-refractivity contribution in [1.82, 2.24) is 15.2 Å². The lowest BCUT2D eigenvalue weighted by molar-refractivity contribution is 0.0950. The van der Waals surface area contributed by atoms with E-state index in [9.17, 15) is 9.59 Å². The van der Waals surface area contributed by atoms with Crippen molar-refractivity contribution in [3.63, 3.8) is 0 Å². The van der Waals surface area contributed by atoms with Crippen molar-refractivity contribution in [2.75, 3.05) is 24.5 Å². The minimum atomic E-state index is -0.146. The number of carbonyl (C=O) groups is 1. The van der Waals surface area contributed by atoms with Crippen LogP contribution in [0.1, 0.15) is 110 Å². The Bertz CT molecular complexity index is 1440. The Morgan fingerprint density at radius 1 is 0.909 bits per heavy atom. The first-order chi connectivity index (χ1) is 21.2. The molecule has 0 radical (unpaired) electrons. The predicted molar refractivity (Wildman–Crippen MR) is 185 cm³/mol. The van der Waals surface area contributed by atoms with E-state index in [2.05, 4.69) is 78.1 Å². The second-order valence-corrected chi connectivity index (χ2v) is 12.7. The maximum atomic E-state index is 13.8. The average Bonchev–Trinajstić information content (AvgIpc) is 3.01. The fraction of sp³-hybridized carbons (Fsp3) is 0.526. The van der Waals surface area contributed by atoms with Crippen LogP contribution in [-0.4, -0.2) is 41.5 Å². The highest BCUT2D eigenvalue weighted by Gasteiger charge is 2.25. The molecule has 3 aromatic rings. The van der Waals surface area contributed by atoms with Crippen LogP contribution >= 0.6 is 0 Å². The molecule has 1 saturated carbocycles. The molecule has 44 heavy (non-hydrogen) atoms. The van der Waals surface area contributed by atoms with Crippen LogP contribution in [0.4, 0.5) is 5.69 Å². The molecule has 2 N–H and O–H groups in total. The quantitative estimate of drug-likeness (QED) is 0.197. The lowest BCUT2D eigenvalue weighted by Crippen LogP contribution is -2.37. The zero-order chi connectivity index (χ0) is 31.6. The summed E-state index contributed by atoms with van der Waals surface area (Å²) in [6.07, 6.45) is 9.79. The highest BCUT2D eigenvalue weighted by Crippen LogP contribution is 2.35. The second kappa shape index (κ2) is 16.1. The number of benzene rings is 2. The van der Waals surface area contributed by atoms with Crippen LogP contribution in [0.5, 0.6) is 0 Å². The van der Waals surface area contributed by atoms with Crippen LogP contribution in [0.25, 0.3) is 11.1 Å². The third-order valence-electron chi connectivity index (χ3n) is 9.27. The Balaban J connectivity index is 1.67. The summed E-state index contributed by atoms with van der Waals surface area (Å²) in [6.45, 7) is 16.9. The van der Waals surface area contributed by atoms with E-state index in [0.29, 0.717) is 17.2 Å². The number of pyridine rings is 1. The van der Waals surface area contributed by atoms with Crippen LogP contribution in [0.3, 0.4) is 0 Å². The molecule has 1 amide bonds. The van der Waals surface area contributed by atoms with Gasteiger partial charge >= 0.3 is 0 Å². The minimum Gasteiger partial charge on any atom is -0.369 e. The van der Waals surface area contributed by atoms with Gasteiger partial charge in [0.2, 0.25) is 0 Å². The van der Waals surface area contributed by atoms with Gasteiger partial charge in [-0.25, -0.2) is 0 Å². The average molecular weight is 599 g/mol. The zero-order valence-corrected chi connectivity index (χ0v) is 28.0. The van der Waals surface area contributed by atoms with Gasteiger partial charge in [-0.3, -0.25) is 14.5 Å². The number of hydrogen-bond donors (Lipinski definition) is 2. The summed E-state index contributed by atoms with van der Waals surface area (Å²) in [7, 11) is 0. The van der Waals surface area contributed by atoms with Gasteiger partial charge in [-0.2, -0.15) is 0 Å². The molecule has 6 heteroatoms. The molecule has 0 saturated heterocycles. The SMILES string of the molecule is CCCCN(CCC)Cc1ccc(-c2cc(C(=O)NCc3c(C)cc(C)[nH]c3=O)c(C)c(N(CC)C3CCCCC3)c2)cc1. The molecule has 0 aliphatic heterocycles. The molecule has 2 aromatic carbocycles. The largest absolute Gasteiger partial charge is 0.369 e. The van der Waals surface area contributed by atoms with Crippen LogP contribution < -0.4 is 15.8 Å². The van der Waals surface area contributed by atoms with Crippen molar-refractivity contribution in [2.24, 2.45) is 0 Å². The van der Waals surface area contributed by atoms with Crippen molar-refractivity contribution in [1.29, 1.82) is 0 Å². The Morgan fingerprint density at radius 3 is 2.27 bits per heavy atom. The fourth-order valence-electron chi connectivity index (χ4n) is 6.81. The van der Waals surface area contributed by atoms with Gasteiger partial charge in [-0.05, 0) is 112 Å². The molecule has 0 unspecified atom stereocenters. The maximum Gasteiger partial charge on any atom is 0.253 e. The molecule has 1 aliphatic rings. The summed E-state index contributed by atoms with van der Waals surface area (Å²) in [5.74, 6) is -0.146. The molecule has 1 aromatic heterocycles. The number of aryl methyl sites for hydroxylation is 2. The van der Waals surface area contributed by atoms with Crippen LogP contribution in [0.15, 0.2) is 47.3 Å². The number of carbonyl (C=O) groups excluding carboxylic acids is 1. The molecule has 1 fully saturated rings. The van der Waals surface area contributed by atoms with Gasteiger partial charge in [0.25, 0.3) is 11.5 Å². The molecule has 4 rings (SSSR count). The number of H-pyrrole nitrogens is 1. The van der Waals surface area contributed by atoms with E-state index < -0.39 is 0 Å². The number of nitrogens with zero attached hydrogens (tertiary/aromatic N) is 2. The molecule has 1 heterocycles. The van der Waals surface area contributed by atoms with E-state index in [1.54, 1.807) is 0 Å². The van der Waals surface area contributed by atoms with Gasteiger partial charge in [0, 0.05) is 48.2 Å². The topological polar surface area (TPSA) is 68.4 Å². The smallest absolute Gasteiger partial charge is 0.253 e. The number of unbranched alkanes of at least 4 members (excludes halogenated alkanes) is 1. The first-order valence-corrected chi connectivity index (χ1v) is 17.0. The Morgan fingerprint density at radius 2 is 1.64 bits per heavy atom. The Labute approximate surface area is 265 Å². The van der Waals surface area contributed by atoms with E-state index >= 15 is 0 Å². The summed E-state index contributed by atoms with van der Waals surface area (Å²) in [4.78, 5) is 34.4. The summed E-state index contributed by atoms with van der Waals surface area (Å²) < 4.78 is 0. The number of anilines is 1. The summed E-state index contributed by atoms with van der Waals surface area (Å²) >= 11 is 0. The van der Waals surface area contributed by atoms with E-state index in [0.717, 1.165) is 66.2 Å². The van der Waals surface area contributed by atoms with Gasteiger partial charge in [0.05, 0.1) is 0 Å². The Hall–Kier alpha value is -3.38. The van der Waals surface area contributed by atoms with Crippen molar-refractivity contribution >= 4 is 11.6 Å². The van der Waals surface area contributed by atoms with Crippen molar-refractivity contribution in [3.8, 4) is 11.1 Å². The number of nitrogens with one attached hydrogen (secondary N) is 2. The number of rotatable bonds is 14. The molecule has 238 valence electrons. The summed E-state index contributed by atoms with van der Waals surface area (Å²) in [5, 5.41) is 3.08. The molecule has 6 nitrogen and oxygen atoms in total. The molecule has 0 bridgehead atoms. The lowest BCUT2D eigenvalue weighted by Gasteiger charge is -2.37. The standard InChI is InChI=1S/C38H54N4O2/c1-7-10-21-41(20-8-2)26-30-16-18-31(19-17-30)32-23-34(37(43)39-25-35-27(4)22-28(5)40-38(35)44)29(6)36(24-32)42(9-3)33-14-12-11-13-15-33/h16-19,22-24,33H,7-15,20-21,25-26H2,1-6H3,(H,39,43)(H,40,44). The Kier molecular flexibility index (Phi) is 12.2. The number of aromatic nitrogens is 1. The van der Waals surface area contributed by atoms with E-state index in [1.807, 2.05) is 26.0 Å². The van der Waals surface area contributed by atoms with Gasteiger partial charge in [0.15, 0.2) is 0 Å². The summed E-state index contributed by atoms with van der Waals surface area (Å²) in [6, 6.07) is 15.7. The van der Waals surface area contributed by atoms with Crippen LogP contribution in [-0.2, 0) is 13.1 Å². The van der Waals surface area contributed by atoms with Crippen LogP contribution in [0, 0.1) is 20.8 Å². The number of hydrogen-bond acceptors (Lipinski definition) is 4. The molecule has 0 spiro atoms. The molecular weight excluding hydrogens is 544 g/mol. The van der Waals surface area contributed by atoms with Gasteiger partial charge in [-0.15, -0.1) is 0 Å². The first-order valence-electron chi connectivity index (χ1n) is 17.0. The lowest BCUT2D eigenvalue weighted by atomic mass is 9.91. The van der Waals surface area contributed by atoms with Crippen molar-refractivity contribution in [2.45, 2.75) is 112 Å². The number of aromatic amines is 1. The van der Waals surface area contributed by atoms with Crippen molar-refractivity contribution < 1.29 is 4.79 Å². The fourth-order valence-corrected chi connectivity index (χ4v) is 6.81. The maximum absolute atomic E-state index is 13.8. The summed E-state index contributed by atoms with van der Waals surface area (Å²) in [5.41, 5.74) is 8.47. The van der Waals surface area contributed by atoms with E-state index in [4.69, 9.17) is 0 Å². The highest BCUT2D eigenvalue weighted by molar-refractivity contribution is 5.99. The normalized spacial score (nSPS) is 13.8. The predicted octanol–water partition coefficient (Wildman–Crippen LogP) is 8.07. The molecular formula is C38H54N4O2. The van der Waals surface area contributed by atoms with E-state index in [1.165, 1.54) is 50.5 Å². The molecule has 1 aliphatic carbocycles. The van der Waals surface area contributed by atoms with Crippen LogP contribution in [0.2, 0.25) is 0 Å². The van der Waals surface area contributed by atoms with Gasteiger partial charge in [-0.1, -0.05) is 63.8 Å². The van der Waals surface area contributed by atoms with Crippen molar-refractivity contribution in [3.05, 3.63) is 86.3 Å². The van der Waals surface area contributed by atoms with E-state index in [-0.39, 0.29) is 18.0 Å². The third kappa shape index (κ3) is 8.41. The van der Waals surface area contributed by atoms with Gasteiger partial charge in [0.1, 0.15) is 0 Å². The zero-order valence-electron chi connectivity index (χ0n) is 28.0. The number of amides is 1. The highest BCUT2D eigenvalue weighted by atomic mass is 16.1. The first kappa shape index (κ1) is 33.5. The second-order valence-electron chi connectivity index (χ2n) is 12.7.